The molecule has 1 heterocycles. The van der Waals surface area contributed by atoms with Crippen molar-refractivity contribution in [2.45, 2.75) is 12.2 Å². The molecule has 5 rings (SSSR count). The van der Waals surface area contributed by atoms with Crippen LogP contribution in [0.3, 0.4) is 0 Å². The largest absolute Gasteiger partial charge is 0.504 e. The summed E-state index contributed by atoms with van der Waals surface area (Å²) in [6, 6.07) is 25.9. The van der Waals surface area contributed by atoms with E-state index in [4.69, 9.17) is 18.9 Å². The second-order valence-electron chi connectivity index (χ2n) is 8.41. The van der Waals surface area contributed by atoms with Gasteiger partial charge in [0.05, 0.1) is 14.2 Å². The van der Waals surface area contributed by atoms with Gasteiger partial charge in [0.2, 0.25) is 0 Å². The Morgan fingerprint density at radius 1 is 0.583 bits per heavy atom. The normalized spacial score (nSPS) is 16.6. The predicted molar refractivity (Wildman–Crippen MR) is 138 cm³/mol. The monoisotopic (exact) mass is 482 g/mol. The summed E-state index contributed by atoms with van der Waals surface area (Å²) in [5.74, 6) is 2.35. The van der Waals surface area contributed by atoms with Crippen molar-refractivity contribution in [2.24, 2.45) is 0 Å². The number of hydrogen-bond donors (Lipinski definition) is 2. The first-order valence-electron chi connectivity index (χ1n) is 11.5. The number of aromatic hydroxyl groups is 2. The standard InChI is InChI=1S/C30H26O6/c1-33-23-11-5-19(6-12-23)3-4-20-7-16-27-28(17-20)36-30(22-10-15-25(31)26(32)18-22)29(35-27)21-8-13-24(34-2)14-9-21/h3-18,29-32H,1-2H3/b4-3+. The number of rotatable bonds is 6. The van der Waals surface area contributed by atoms with E-state index in [9.17, 15) is 10.2 Å². The van der Waals surface area contributed by atoms with E-state index in [1.807, 2.05) is 78.9 Å². The lowest BCUT2D eigenvalue weighted by Crippen LogP contribution is -2.26. The van der Waals surface area contributed by atoms with Gasteiger partial charge in [-0.1, -0.05) is 48.6 Å². The second kappa shape index (κ2) is 9.96. The van der Waals surface area contributed by atoms with Crippen LogP contribution in [0, 0.1) is 0 Å². The maximum Gasteiger partial charge on any atom is 0.165 e. The predicted octanol–water partition coefficient (Wildman–Crippen LogP) is 6.54. The van der Waals surface area contributed by atoms with Crippen molar-refractivity contribution < 1.29 is 29.2 Å². The number of ether oxygens (including phenoxy) is 4. The van der Waals surface area contributed by atoms with Gasteiger partial charge in [-0.15, -0.1) is 0 Å². The van der Waals surface area contributed by atoms with Crippen LogP contribution in [0.2, 0.25) is 0 Å². The highest BCUT2D eigenvalue weighted by Crippen LogP contribution is 2.47. The number of hydrogen-bond acceptors (Lipinski definition) is 6. The molecule has 0 aliphatic carbocycles. The number of methoxy groups -OCH3 is 2. The van der Waals surface area contributed by atoms with E-state index in [2.05, 4.69) is 0 Å². The van der Waals surface area contributed by atoms with Gasteiger partial charge >= 0.3 is 0 Å². The first-order chi connectivity index (χ1) is 17.5. The van der Waals surface area contributed by atoms with Gasteiger partial charge in [0.25, 0.3) is 0 Å². The van der Waals surface area contributed by atoms with Crippen LogP contribution in [0.15, 0.2) is 84.9 Å². The van der Waals surface area contributed by atoms with Crippen molar-refractivity contribution in [1.29, 1.82) is 0 Å². The maximum atomic E-state index is 10.1. The number of phenolic OH excluding ortho intramolecular Hbond substituents is 2. The van der Waals surface area contributed by atoms with E-state index in [0.717, 1.165) is 28.2 Å². The fraction of sp³-hybridized carbons (Fsp3) is 0.133. The quantitative estimate of drug-likeness (QED) is 0.240. The van der Waals surface area contributed by atoms with E-state index in [0.29, 0.717) is 17.1 Å². The van der Waals surface area contributed by atoms with E-state index in [1.165, 1.54) is 12.1 Å². The Hall–Kier alpha value is -4.58. The SMILES string of the molecule is COc1ccc(/C=C/c2ccc3c(c2)OC(c2ccc(O)c(O)c2)C(c2ccc(OC)cc2)O3)cc1. The van der Waals surface area contributed by atoms with Crippen LogP contribution in [0.5, 0.6) is 34.5 Å². The van der Waals surface area contributed by atoms with Crippen molar-refractivity contribution >= 4 is 12.2 Å². The highest BCUT2D eigenvalue weighted by Gasteiger charge is 2.35. The average Bonchev–Trinajstić information content (AvgIpc) is 2.93. The zero-order valence-electron chi connectivity index (χ0n) is 19.9. The van der Waals surface area contributed by atoms with Crippen molar-refractivity contribution in [1.82, 2.24) is 0 Å². The molecule has 36 heavy (non-hydrogen) atoms. The summed E-state index contributed by atoms with van der Waals surface area (Å²) in [5, 5.41) is 19.9. The van der Waals surface area contributed by atoms with Gasteiger partial charge in [-0.2, -0.15) is 0 Å². The highest BCUT2D eigenvalue weighted by atomic mass is 16.6. The van der Waals surface area contributed by atoms with Crippen molar-refractivity contribution in [3.63, 3.8) is 0 Å². The topological polar surface area (TPSA) is 77.4 Å². The molecule has 0 radical (unpaired) electrons. The molecule has 2 N–H and O–H groups in total. The molecular formula is C30H26O6. The Morgan fingerprint density at radius 2 is 1.14 bits per heavy atom. The minimum Gasteiger partial charge on any atom is -0.504 e. The number of benzene rings is 4. The van der Waals surface area contributed by atoms with Crippen LogP contribution in [-0.4, -0.2) is 24.4 Å². The van der Waals surface area contributed by atoms with Crippen LogP contribution in [-0.2, 0) is 0 Å². The molecule has 0 amide bonds. The Morgan fingerprint density at radius 3 is 1.81 bits per heavy atom. The summed E-state index contributed by atoms with van der Waals surface area (Å²) in [6.07, 6.45) is 2.98. The molecule has 1 aliphatic rings. The highest BCUT2D eigenvalue weighted by molar-refractivity contribution is 5.71. The van der Waals surface area contributed by atoms with Gasteiger partial charge < -0.3 is 29.2 Å². The van der Waals surface area contributed by atoms with Crippen molar-refractivity contribution in [2.75, 3.05) is 14.2 Å². The molecule has 0 aromatic heterocycles. The molecule has 2 atom stereocenters. The lowest BCUT2D eigenvalue weighted by atomic mass is 9.96. The molecule has 0 spiro atoms. The van der Waals surface area contributed by atoms with Crippen LogP contribution in [0.25, 0.3) is 12.2 Å². The van der Waals surface area contributed by atoms with Gasteiger partial charge in [0, 0.05) is 5.56 Å². The smallest absolute Gasteiger partial charge is 0.165 e. The molecule has 6 nitrogen and oxygen atoms in total. The Balaban J connectivity index is 1.47. The second-order valence-corrected chi connectivity index (χ2v) is 8.41. The Bertz CT molecular complexity index is 1380. The van der Waals surface area contributed by atoms with Crippen molar-refractivity contribution in [3.05, 3.63) is 107 Å². The molecule has 0 saturated carbocycles. The molecule has 6 heteroatoms. The molecule has 182 valence electrons. The summed E-state index contributed by atoms with van der Waals surface area (Å²) >= 11 is 0. The molecular weight excluding hydrogens is 456 g/mol. The van der Waals surface area contributed by atoms with E-state index in [-0.39, 0.29) is 11.5 Å². The third kappa shape index (κ3) is 4.79. The van der Waals surface area contributed by atoms with Crippen LogP contribution < -0.4 is 18.9 Å². The van der Waals surface area contributed by atoms with Crippen LogP contribution in [0.4, 0.5) is 0 Å². The van der Waals surface area contributed by atoms with Crippen molar-refractivity contribution in [3.8, 4) is 34.5 Å². The zero-order chi connectivity index (χ0) is 25.1. The van der Waals surface area contributed by atoms with E-state index >= 15 is 0 Å². The third-order valence-corrected chi connectivity index (χ3v) is 6.11. The van der Waals surface area contributed by atoms with Gasteiger partial charge in [-0.05, 0) is 65.2 Å². The Kier molecular flexibility index (Phi) is 6.41. The molecule has 4 aromatic carbocycles. The van der Waals surface area contributed by atoms with Gasteiger partial charge in [-0.3, -0.25) is 0 Å². The molecule has 1 aliphatic heterocycles. The lowest BCUT2D eigenvalue weighted by Gasteiger charge is -2.35. The molecule has 0 fully saturated rings. The summed E-state index contributed by atoms with van der Waals surface area (Å²) in [4.78, 5) is 0. The van der Waals surface area contributed by atoms with Gasteiger partial charge in [0.1, 0.15) is 11.5 Å². The summed E-state index contributed by atoms with van der Waals surface area (Å²) in [6.45, 7) is 0. The summed E-state index contributed by atoms with van der Waals surface area (Å²) in [7, 11) is 3.26. The molecule has 2 unspecified atom stereocenters. The fourth-order valence-electron chi connectivity index (χ4n) is 4.12. The molecule has 4 aromatic rings. The van der Waals surface area contributed by atoms with E-state index in [1.54, 1.807) is 20.3 Å². The van der Waals surface area contributed by atoms with Gasteiger partial charge in [-0.25, -0.2) is 0 Å². The first-order valence-corrected chi connectivity index (χ1v) is 11.5. The van der Waals surface area contributed by atoms with Crippen LogP contribution in [0.1, 0.15) is 34.5 Å². The minimum atomic E-state index is -0.557. The summed E-state index contributed by atoms with van der Waals surface area (Å²) in [5.41, 5.74) is 3.56. The average molecular weight is 483 g/mol. The summed E-state index contributed by atoms with van der Waals surface area (Å²) < 4.78 is 23.4. The molecule has 0 bridgehead atoms. The number of fused-ring (bicyclic) bond motifs is 1. The zero-order valence-corrected chi connectivity index (χ0v) is 19.9. The Labute approximate surface area is 209 Å². The molecule has 0 saturated heterocycles. The van der Waals surface area contributed by atoms with Gasteiger partial charge in [0.15, 0.2) is 35.2 Å². The lowest BCUT2D eigenvalue weighted by molar-refractivity contribution is 0.0182. The minimum absolute atomic E-state index is 0.192. The third-order valence-electron chi connectivity index (χ3n) is 6.11. The number of phenols is 2. The first kappa shape index (κ1) is 23.2. The maximum absolute atomic E-state index is 10.1. The van der Waals surface area contributed by atoms with Crippen LogP contribution >= 0.6 is 0 Å². The fourth-order valence-corrected chi connectivity index (χ4v) is 4.12. The van der Waals surface area contributed by atoms with E-state index < -0.39 is 12.2 Å².